The monoisotopic (exact) mass is 320 g/mol. The molecule has 1 aromatic heterocycles. The van der Waals surface area contributed by atoms with Gasteiger partial charge in [-0.15, -0.1) is 10.2 Å². The fourth-order valence-corrected chi connectivity index (χ4v) is 3.59. The minimum absolute atomic E-state index is 0.153. The van der Waals surface area contributed by atoms with E-state index in [9.17, 15) is 4.79 Å². The molecule has 1 aliphatic rings. The molecular formula is C14H16N4OS2. The summed E-state index contributed by atoms with van der Waals surface area (Å²) in [5, 5.41) is 8.12. The van der Waals surface area contributed by atoms with Crippen molar-refractivity contribution in [1.82, 2.24) is 15.1 Å². The van der Waals surface area contributed by atoms with E-state index in [1.807, 2.05) is 23.1 Å². The zero-order chi connectivity index (χ0) is 14.7. The summed E-state index contributed by atoms with van der Waals surface area (Å²) in [6.45, 7) is 0.684. The number of benzene rings is 1. The number of aromatic nitrogens is 2. The van der Waals surface area contributed by atoms with Crippen LogP contribution in [0.25, 0.3) is 0 Å². The highest BCUT2D eigenvalue weighted by Gasteiger charge is 2.32. The van der Waals surface area contributed by atoms with Crippen LogP contribution in [0.1, 0.15) is 18.4 Å². The van der Waals surface area contributed by atoms with Crippen LogP contribution in [0.4, 0.5) is 5.13 Å². The third-order valence-corrected chi connectivity index (χ3v) is 5.12. The number of anilines is 1. The molecule has 0 bridgehead atoms. The van der Waals surface area contributed by atoms with Crippen molar-refractivity contribution in [1.29, 1.82) is 0 Å². The van der Waals surface area contributed by atoms with Crippen LogP contribution in [0.5, 0.6) is 0 Å². The Labute approximate surface area is 131 Å². The van der Waals surface area contributed by atoms with Gasteiger partial charge in [-0.2, -0.15) is 0 Å². The molecule has 1 aromatic carbocycles. The van der Waals surface area contributed by atoms with E-state index in [0.29, 0.717) is 23.5 Å². The fraction of sp³-hybridized carbons (Fsp3) is 0.357. The first kappa shape index (κ1) is 14.3. The Kier molecular flexibility index (Phi) is 4.40. The quantitative estimate of drug-likeness (QED) is 0.828. The Morgan fingerprint density at radius 3 is 2.71 bits per heavy atom. The van der Waals surface area contributed by atoms with Crippen LogP contribution in [-0.2, 0) is 11.3 Å². The molecule has 1 amide bonds. The lowest BCUT2D eigenvalue weighted by Gasteiger charge is -2.22. The zero-order valence-corrected chi connectivity index (χ0v) is 13.1. The van der Waals surface area contributed by atoms with Crippen LogP contribution < -0.4 is 5.73 Å². The van der Waals surface area contributed by atoms with Gasteiger partial charge in [-0.3, -0.25) is 4.79 Å². The van der Waals surface area contributed by atoms with Crippen molar-refractivity contribution in [3.05, 3.63) is 35.9 Å². The summed E-state index contributed by atoms with van der Waals surface area (Å²) in [5.74, 6) is 0.540. The van der Waals surface area contributed by atoms with Crippen molar-refractivity contribution in [3.63, 3.8) is 0 Å². The minimum atomic E-state index is 0.153. The minimum Gasteiger partial charge on any atom is -0.374 e. The van der Waals surface area contributed by atoms with Crippen LogP contribution >= 0.6 is 23.1 Å². The first-order chi connectivity index (χ1) is 10.2. The summed E-state index contributed by atoms with van der Waals surface area (Å²) in [4.78, 5) is 14.4. The predicted molar refractivity (Wildman–Crippen MR) is 85.1 cm³/mol. The predicted octanol–water partition coefficient (Wildman–Crippen LogP) is 2.40. The second-order valence-corrected chi connectivity index (χ2v) is 7.16. The third-order valence-electron chi connectivity index (χ3n) is 3.24. The van der Waals surface area contributed by atoms with Crippen LogP contribution in [0.2, 0.25) is 0 Å². The Bertz CT molecular complexity index is 612. The lowest BCUT2D eigenvalue weighted by Crippen LogP contribution is -2.33. The molecule has 2 N–H and O–H groups in total. The van der Waals surface area contributed by atoms with Crippen LogP contribution in [0, 0.1) is 0 Å². The van der Waals surface area contributed by atoms with Gasteiger partial charge in [0.15, 0.2) is 4.34 Å². The van der Waals surface area contributed by atoms with Gasteiger partial charge in [-0.25, -0.2) is 0 Å². The van der Waals surface area contributed by atoms with Crippen molar-refractivity contribution < 1.29 is 4.79 Å². The number of rotatable bonds is 6. The first-order valence-electron chi connectivity index (χ1n) is 6.77. The average molecular weight is 320 g/mol. The summed E-state index contributed by atoms with van der Waals surface area (Å²) < 4.78 is 0.747. The van der Waals surface area contributed by atoms with Gasteiger partial charge in [0, 0.05) is 12.6 Å². The van der Waals surface area contributed by atoms with Crippen molar-refractivity contribution in [2.24, 2.45) is 0 Å². The van der Waals surface area contributed by atoms with Gasteiger partial charge in [0.2, 0.25) is 11.0 Å². The zero-order valence-electron chi connectivity index (χ0n) is 11.4. The van der Waals surface area contributed by atoms with Gasteiger partial charge < -0.3 is 10.6 Å². The molecule has 0 spiro atoms. The van der Waals surface area contributed by atoms with Crippen molar-refractivity contribution in [2.45, 2.75) is 29.8 Å². The average Bonchev–Trinajstić information content (AvgIpc) is 3.25. The number of hydrogen-bond donors (Lipinski definition) is 1. The van der Waals surface area contributed by atoms with Gasteiger partial charge in [-0.1, -0.05) is 53.4 Å². The fourth-order valence-electron chi connectivity index (χ4n) is 2.07. The van der Waals surface area contributed by atoms with Crippen molar-refractivity contribution in [2.75, 3.05) is 11.5 Å². The molecule has 3 rings (SSSR count). The molecule has 1 saturated carbocycles. The highest BCUT2D eigenvalue weighted by Crippen LogP contribution is 2.30. The Hall–Kier alpha value is -1.60. The maximum Gasteiger partial charge on any atom is 0.233 e. The van der Waals surface area contributed by atoms with E-state index >= 15 is 0 Å². The molecule has 0 aliphatic heterocycles. The molecule has 0 unspecified atom stereocenters. The van der Waals surface area contributed by atoms with E-state index in [-0.39, 0.29) is 5.91 Å². The maximum absolute atomic E-state index is 12.4. The topological polar surface area (TPSA) is 72.1 Å². The van der Waals surface area contributed by atoms with Gasteiger partial charge in [0.05, 0.1) is 5.75 Å². The summed E-state index contributed by atoms with van der Waals surface area (Å²) in [6, 6.07) is 10.5. The van der Waals surface area contributed by atoms with E-state index in [1.165, 1.54) is 28.7 Å². The molecule has 110 valence electrons. The number of nitrogens with zero attached hydrogens (tertiary/aromatic N) is 3. The van der Waals surface area contributed by atoms with Gasteiger partial charge >= 0.3 is 0 Å². The van der Waals surface area contributed by atoms with Gasteiger partial charge in [0.25, 0.3) is 0 Å². The summed E-state index contributed by atoms with van der Waals surface area (Å²) in [7, 11) is 0. The first-order valence-corrected chi connectivity index (χ1v) is 8.58. The summed E-state index contributed by atoms with van der Waals surface area (Å²) in [6.07, 6.45) is 2.21. The van der Waals surface area contributed by atoms with E-state index in [2.05, 4.69) is 22.3 Å². The molecule has 0 atom stereocenters. The number of amides is 1. The number of thioether (sulfide) groups is 1. The maximum atomic E-state index is 12.4. The number of nitrogens with two attached hydrogens (primary N) is 1. The van der Waals surface area contributed by atoms with E-state index in [1.54, 1.807) is 0 Å². The molecule has 7 heteroatoms. The van der Waals surface area contributed by atoms with Gasteiger partial charge in [-0.05, 0) is 18.4 Å². The number of hydrogen-bond acceptors (Lipinski definition) is 6. The van der Waals surface area contributed by atoms with Crippen LogP contribution in [0.15, 0.2) is 34.7 Å². The lowest BCUT2D eigenvalue weighted by molar-refractivity contribution is -0.129. The molecule has 0 saturated heterocycles. The molecule has 1 heterocycles. The number of nitrogen functional groups attached to an aromatic ring is 1. The Morgan fingerprint density at radius 1 is 1.33 bits per heavy atom. The molecule has 1 aliphatic carbocycles. The Morgan fingerprint density at radius 2 is 2.10 bits per heavy atom. The largest absolute Gasteiger partial charge is 0.374 e. The molecular weight excluding hydrogens is 304 g/mol. The van der Waals surface area contributed by atoms with Crippen molar-refractivity contribution >= 4 is 34.1 Å². The smallest absolute Gasteiger partial charge is 0.233 e. The van der Waals surface area contributed by atoms with Crippen LogP contribution in [-0.4, -0.2) is 32.8 Å². The van der Waals surface area contributed by atoms with E-state index < -0.39 is 0 Å². The normalized spacial score (nSPS) is 14.1. The van der Waals surface area contributed by atoms with Crippen molar-refractivity contribution in [3.8, 4) is 0 Å². The van der Waals surface area contributed by atoms with E-state index in [4.69, 9.17) is 5.73 Å². The summed E-state index contributed by atoms with van der Waals surface area (Å²) in [5.41, 5.74) is 6.71. The van der Waals surface area contributed by atoms with Gasteiger partial charge in [0.1, 0.15) is 0 Å². The molecule has 1 fully saturated rings. The summed E-state index contributed by atoms with van der Waals surface area (Å²) >= 11 is 2.72. The molecule has 2 aromatic rings. The molecule has 0 radical (unpaired) electrons. The second-order valence-electron chi connectivity index (χ2n) is 4.93. The van der Waals surface area contributed by atoms with E-state index in [0.717, 1.165) is 17.2 Å². The number of carbonyl (C=O) groups excluding carboxylic acids is 1. The molecule has 21 heavy (non-hydrogen) atoms. The number of carbonyl (C=O) groups is 1. The highest BCUT2D eigenvalue weighted by atomic mass is 32.2. The third kappa shape index (κ3) is 3.95. The standard InChI is InChI=1S/C14H16N4OS2/c15-13-16-17-14(21-13)20-9-12(19)18(11-6-7-11)8-10-4-2-1-3-5-10/h1-5,11H,6-9H2,(H2,15,16). The van der Waals surface area contributed by atoms with Crippen LogP contribution in [0.3, 0.4) is 0 Å². The molecule has 5 nitrogen and oxygen atoms in total. The second kappa shape index (κ2) is 6.44. The lowest BCUT2D eigenvalue weighted by atomic mass is 10.2. The highest BCUT2D eigenvalue weighted by molar-refractivity contribution is 8.01. The SMILES string of the molecule is Nc1nnc(SCC(=O)N(Cc2ccccc2)C2CC2)s1. The Balaban J connectivity index is 1.59.